The van der Waals surface area contributed by atoms with Crippen LogP contribution in [-0.4, -0.2) is 75.8 Å². The van der Waals surface area contributed by atoms with Crippen molar-refractivity contribution in [2.24, 2.45) is 0 Å². The fourth-order valence-electron chi connectivity index (χ4n) is 4.49. The first-order valence-corrected chi connectivity index (χ1v) is 14.8. The molecule has 0 unspecified atom stereocenters. The maximum Gasteiger partial charge on any atom is 0.423 e. The van der Waals surface area contributed by atoms with Crippen molar-refractivity contribution in [2.75, 3.05) is 45.9 Å². The molecular formula is C27H30F4N6O5S. The Bertz CT molecular complexity index is 1600. The largest absolute Gasteiger partial charge is 0.495 e. The summed E-state index contributed by atoms with van der Waals surface area (Å²) in [7, 11) is 1.12. The summed E-state index contributed by atoms with van der Waals surface area (Å²) in [5.74, 6) is -2.87. The van der Waals surface area contributed by atoms with Crippen LogP contribution in [0.1, 0.15) is 33.1 Å². The third-order valence-electron chi connectivity index (χ3n) is 6.47. The molecule has 43 heavy (non-hydrogen) atoms. The van der Waals surface area contributed by atoms with E-state index < -0.39 is 57.5 Å². The van der Waals surface area contributed by atoms with Gasteiger partial charge in [0.25, 0.3) is 5.91 Å². The summed E-state index contributed by atoms with van der Waals surface area (Å²) < 4.78 is 94.3. The summed E-state index contributed by atoms with van der Waals surface area (Å²) in [6.07, 6.45) is -4.45. The fourth-order valence-corrected chi connectivity index (χ4v) is 5.23. The van der Waals surface area contributed by atoms with Gasteiger partial charge in [-0.05, 0) is 31.3 Å². The molecule has 16 heteroatoms. The first kappa shape index (κ1) is 31.9. The Morgan fingerprint density at radius 1 is 1.19 bits per heavy atom. The number of fused-ring (bicyclic) bond motifs is 1. The van der Waals surface area contributed by atoms with E-state index in [0.29, 0.717) is 23.9 Å². The molecule has 1 aromatic heterocycles. The van der Waals surface area contributed by atoms with Crippen LogP contribution in [0.15, 0.2) is 42.6 Å². The number of nitrogens with zero attached hydrogens (tertiary/aromatic N) is 3. The molecule has 0 saturated carbocycles. The monoisotopic (exact) mass is 626 g/mol. The smallest absolute Gasteiger partial charge is 0.423 e. The summed E-state index contributed by atoms with van der Waals surface area (Å²) >= 11 is 0. The van der Waals surface area contributed by atoms with Gasteiger partial charge in [-0.1, -0.05) is 24.3 Å². The zero-order chi connectivity index (χ0) is 31.5. The number of nitrogens with one attached hydrogen (secondary N) is 3. The minimum absolute atomic E-state index is 0.00575. The SMILES string of the molecule is COc1cc(C(=O)NCCN(C)C)c(F)cc1Nc1ncc(C(F)(F)F)c(O[C@@H]2Cc3ccccc3[C@H]2NS(C)(=O)=O)n1. The molecule has 3 aromatic rings. The number of likely N-dealkylation sites (N-methyl/N-ethyl adjacent to an activating group) is 1. The number of amides is 1. The maximum atomic E-state index is 14.9. The van der Waals surface area contributed by atoms with Crippen LogP contribution in [0.4, 0.5) is 29.2 Å². The van der Waals surface area contributed by atoms with Gasteiger partial charge >= 0.3 is 6.18 Å². The number of alkyl halides is 3. The molecule has 0 aliphatic heterocycles. The van der Waals surface area contributed by atoms with E-state index in [9.17, 15) is 30.8 Å². The molecule has 11 nitrogen and oxygen atoms in total. The quantitative estimate of drug-likeness (QED) is 0.274. The Balaban J connectivity index is 1.64. The number of rotatable bonds is 11. The van der Waals surface area contributed by atoms with Gasteiger partial charge in [0.2, 0.25) is 21.9 Å². The zero-order valence-electron chi connectivity index (χ0n) is 23.6. The summed E-state index contributed by atoms with van der Waals surface area (Å²) in [4.78, 5) is 21.9. The van der Waals surface area contributed by atoms with Crippen molar-refractivity contribution in [3.05, 3.63) is 70.7 Å². The third-order valence-corrected chi connectivity index (χ3v) is 7.15. The van der Waals surface area contributed by atoms with E-state index in [-0.39, 0.29) is 30.0 Å². The Kier molecular flexibility index (Phi) is 9.41. The van der Waals surface area contributed by atoms with Gasteiger partial charge in [0.1, 0.15) is 23.2 Å². The van der Waals surface area contributed by atoms with Gasteiger partial charge in [0.05, 0.1) is 30.7 Å². The number of carbonyl (C=O) groups is 1. The number of hydrogen-bond donors (Lipinski definition) is 3. The molecular weight excluding hydrogens is 596 g/mol. The van der Waals surface area contributed by atoms with Crippen LogP contribution in [0.3, 0.4) is 0 Å². The normalized spacial score (nSPS) is 16.6. The van der Waals surface area contributed by atoms with Crippen LogP contribution in [0.5, 0.6) is 11.6 Å². The molecule has 1 amide bonds. The topological polar surface area (TPSA) is 135 Å². The number of benzene rings is 2. The average molecular weight is 627 g/mol. The van der Waals surface area contributed by atoms with Crippen LogP contribution >= 0.6 is 0 Å². The van der Waals surface area contributed by atoms with E-state index in [1.807, 2.05) is 19.0 Å². The molecule has 0 saturated heterocycles. The van der Waals surface area contributed by atoms with Gasteiger partial charge < -0.3 is 25.0 Å². The molecule has 2 atom stereocenters. The van der Waals surface area contributed by atoms with Crippen molar-refractivity contribution in [3.8, 4) is 11.6 Å². The Morgan fingerprint density at radius 3 is 2.56 bits per heavy atom. The number of hydrogen-bond acceptors (Lipinski definition) is 9. The van der Waals surface area contributed by atoms with E-state index >= 15 is 0 Å². The standard InChI is InChI=1S/C27H30F4N6O5S/c1-37(2)10-9-32-24(38)17-12-21(41-3)20(13-19(17)28)34-26-33-14-18(27(29,30)31)25(35-26)42-22-11-15-7-5-6-8-16(15)23(22)36-43(4,39)40/h5-8,12-14,22-23,36H,9-11H2,1-4H3,(H,32,38)(H,33,34,35)/t22-,23-/m1/s1. The molecule has 1 aliphatic carbocycles. The molecule has 0 spiro atoms. The second-order valence-electron chi connectivity index (χ2n) is 10.1. The number of ether oxygens (including phenoxy) is 2. The van der Waals surface area contributed by atoms with Crippen molar-refractivity contribution in [1.82, 2.24) is 24.9 Å². The molecule has 2 aromatic carbocycles. The van der Waals surface area contributed by atoms with Gasteiger partial charge in [0.15, 0.2) is 0 Å². The number of halogens is 4. The minimum Gasteiger partial charge on any atom is -0.495 e. The maximum absolute atomic E-state index is 14.9. The summed E-state index contributed by atoms with van der Waals surface area (Å²) in [6, 6.07) is 7.87. The molecule has 0 radical (unpaired) electrons. The first-order valence-electron chi connectivity index (χ1n) is 12.9. The lowest BCUT2D eigenvalue weighted by atomic mass is 10.1. The highest BCUT2D eigenvalue weighted by atomic mass is 32.2. The van der Waals surface area contributed by atoms with Crippen LogP contribution in [-0.2, 0) is 22.6 Å². The summed E-state index contributed by atoms with van der Waals surface area (Å²) in [6.45, 7) is 0.792. The van der Waals surface area contributed by atoms with Gasteiger partial charge in [0, 0.05) is 31.8 Å². The fraction of sp³-hybridized carbons (Fsp3) is 0.370. The predicted octanol–water partition coefficient (Wildman–Crippen LogP) is 3.27. The van der Waals surface area contributed by atoms with Crippen LogP contribution in [0, 0.1) is 5.82 Å². The lowest BCUT2D eigenvalue weighted by Gasteiger charge is -2.23. The lowest BCUT2D eigenvalue weighted by Crippen LogP contribution is -2.36. The van der Waals surface area contributed by atoms with E-state index in [2.05, 4.69) is 25.3 Å². The number of methoxy groups -OCH3 is 1. The van der Waals surface area contributed by atoms with E-state index in [0.717, 1.165) is 18.4 Å². The van der Waals surface area contributed by atoms with Gasteiger partial charge in [-0.15, -0.1) is 0 Å². The van der Waals surface area contributed by atoms with Crippen LogP contribution in [0.25, 0.3) is 0 Å². The van der Waals surface area contributed by atoms with Crippen molar-refractivity contribution >= 4 is 27.6 Å². The van der Waals surface area contributed by atoms with Crippen LogP contribution in [0.2, 0.25) is 0 Å². The molecule has 3 N–H and O–H groups in total. The Morgan fingerprint density at radius 2 is 1.91 bits per heavy atom. The highest BCUT2D eigenvalue weighted by molar-refractivity contribution is 7.88. The lowest BCUT2D eigenvalue weighted by molar-refractivity contribution is -0.140. The first-order chi connectivity index (χ1) is 20.2. The summed E-state index contributed by atoms with van der Waals surface area (Å²) in [5.41, 5.74) is -0.412. The van der Waals surface area contributed by atoms with E-state index in [4.69, 9.17) is 9.47 Å². The molecule has 0 bridgehead atoms. The average Bonchev–Trinajstić information content (AvgIpc) is 3.23. The Hall–Kier alpha value is -4.02. The zero-order valence-corrected chi connectivity index (χ0v) is 24.4. The number of anilines is 2. The highest BCUT2D eigenvalue weighted by Gasteiger charge is 2.41. The highest BCUT2D eigenvalue weighted by Crippen LogP contribution is 2.40. The molecule has 1 aliphatic rings. The van der Waals surface area contributed by atoms with Gasteiger partial charge in [-0.3, -0.25) is 4.79 Å². The molecule has 232 valence electrons. The van der Waals surface area contributed by atoms with Crippen molar-refractivity contribution in [1.29, 1.82) is 0 Å². The summed E-state index contributed by atoms with van der Waals surface area (Å²) in [5, 5.41) is 5.21. The van der Waals surface area contributed by atoms with Crippen LogP contribution < -0.4 is 24.8 Å². The number of sulfonamides is 1. The van der Waals surface area contributed by atoms with E-state index in [1.54, 1.807) is 24.3 Å². The number of aromatic nitrogens is 2. The van der Waals surface area contributed by atoms with E-state index in [1.165, 1.54) is 7.11 Å². The van der Waals surface area contributed by atoms with Crippen molar-refractivity contribution in [3.63, 3.8) is 0 Å². The van der Waals surface area contributed by atoms with Gasteiger partial charge in [-0.25, -0.2) is 22.5 Å². The molecule has 4 rings (SSSR count). The van der Waals surface area contributed by atoms with Crippen molar-refractivity contribution < 1.29 is 40.2 Å². The van der Waals surface area contributed by atoms with Gasteiger partial charge in [-0.2, -0.15) is 18.2 Å². The van der Waals surface area contributed by atoms with Crippen molar-refractivity contribution in [2.45, 2.75) is 24.7 Å². The molecule has 0 fully saturated rings. The Labute approximate surface area is 245 Å². The third kappa shape index (κ3) is 7.88. The second kappa shape index (κ2) is 12.7. The predicted molar refractivity (Wildman–Crippen MR) is 149 cm³/mol. The second-order valence-corrected chi connectivity index (χ2v) is 11.8. The number of carbonyl (C=O) groups excluding carboxylic acids is 1. The molecule has 1 heterocycles. The minimum atomic E-state index is -4.91.